The second-order valence-electron chi connectivity index (χ2n) is 4.66. The van der Waals surface area contributed by atoms with Crippen LogP contribution in [0.15, 0.2) is 24.3 Å². The second-order valence-corrected chi connectivity index (χ2v) is 4.66. The molecule has 1 saturated heterocycles. The summed E-state index contributed by atoms with van der Waals surface area (Å²) in [6, 6.07) is 8.84. The fourth-order valence-electron chi connectivity index (χ4n) is 2.36. The molecule has 0 spiro atoms. The van der Waals surface area contributed by atoms with Gasteiger partial charge in [0.05, 0.1) is 17.7 Å². The van der Waals surface area contributed by atoms with Crippen molar-refractivity contribution >= 4 is 11.6 Å². The van der Waals surface area contributed by atoms with Gasteiger partial charge >= 0.3 is 0 Å². The first-order valence-corrected chi connectivity index (χ1v) is 6.30. The van der Waals surface area contributed by atoms with Crippen molar-refractivity contribution in [3.05, 3.63) is 29.8 Å². The first kappa shape index (κ1) is 13.5. The SMILES string of the molecule is CN1CCN(c2cccc(C#N)c2)C(=O)C1CCO. The van der Waals surface area contributed by atoms with E-state index in [4.69, 9.17) is 10.4 Å². The van der Waals surface area contributed by atoms with Gasteiger partial charge in [-0.05, 0) is 31.7 Å². The van der Waals surface area contributed by atoms with Crippen molar-refractivity contribution in [1.82, 2.24) is 4.90 Å². The van der Waals surface area contributed by atoms with Gasteiger partial charge in [-0.15, -0.1) is 0 Å². The minimum atomic E-state index is -0.288. The maximum atomic E-state index is 12.4. The lowest BCUT2D eigenvalue weighted by Gasteiger charge is -2.38. The van der Waals surface area contributed by atoms with Gasteiger partial charge in [-0.25, -0.2) is 0 Å². The van der Waals surface area contributed by atoms with E-state index in [1.165, 1.54) is 0 Å². The van der Waals surface area contributed by atoms with E-state index >= 15 is 0 Å². The van der Waals surface area contributed by atoms with Gasteiger partial charge in [0.25, 0.3) is 0 Å². The molecule has 100 valence electrons. The van der Waals surface area contributed by atoms with E-state index < -0.39 is 0 Å². The summed E-state index contributed by atoms with van der Waals surface area (Å²) in [5.41, 5.74) is 1.29. The number of benzene rings is 1. The van der Waals surface area contributed by atoms with Crippen LogP contribution in [0.4, 0.5) is 5.69 Å². The molecular formula is C14H17N3O2. The first-order chi connectivity index (χ1) is 9.17. The highest BCUT2D eigenvalue weighted by Crippen LogP contribution is 2.21. The van der Waals surface area contributed by atoms with Crippen LogP contribution < -0.4 is 4.90 Å². The highest BCUT2D eigenvalue weighted by atomic mass is 16.3. The van der Waals surface area contributed by atoms with Gasteiger partial charge in [0.1, 0.15) is 0 Å². The van der Waals surface area contributed by atoms with Crippen LogP contribution in [-0.2, 0) is 4.79 Å². The summed E-state index contributed by atoms with van der Waals surface area (Å²) < 4.78 is 0. The molecule has 5 heteroatoms. The van der Waals surface area contributed by atoms with Crippen molar-refractivity contribution in [2.24, 2.45) is 0 Å². The molecule has 0 saturated carbocycles. The maximum absolute atomic E-state index is 12.4. The lowest BCUT2D eigenvalue weighted by atomic mass is 10.1. The summed E-state index contributed by atoms with van der Waals surface area (Å²) in [4.78, 5) is 16.1. The topological polar surface area (TPSA) is 67.6 Å². The third-order valence-electron chi connectivity index (χ3n) is 3.45. The van der Waals surface area contributed by atoms with Crippen LogP contribution in [0.1, 0.15) is 12.0 Å². The number of anilines is 1. The molecule has 0 aromatic heterocycles. The molecule has 1 fully saturated rings. The Labute approximate surface area is 112 Å². The Kier molecular flexibility index (Phi) is 4.15. The van der Waals surface area contributed by atoms with Crippen molar-refractivity contribution in [3.63, 3.8) is 0 Å². The standard InChI is InChI=1S/C14H17N3O2/c1-16-6-7-17(14(19)13(16)5-8-18)12-4-2-3-11(9-12)10-15/h2-4,9,13,18H,5-8H2,1H3. The van der Waals surface area contributed by atoms with E-state index in [1.54, 1.807) is 23.1 Å². The van der Waals surface area contributed by atoms with E-state index in [0.29, 0.717) is 18.5 Å². The number of carbonyl (C=O) groups is 1. The predicted octanol–water partition coefficient (Wildman–Crippen LogP) is 0.588. The van der Waals surface area contributed by atoms with E-state index in [-0.39, 0.29) is 18.6 Å². The quantitative estimate of drug-likeness (QED) is 0.862. The van der Waals surface area contributed by atoms with Gasteiger partial charge in [-0.2, -0.15) is 5.26 Å². The highest BCUT2D eigenvalue weighted by molar-refractivity contribution is 5.98. The number of rotatable bonds is 3. The average Bonchev–Trinajstić information content (AvgIpc) is 2.43. The molecule has 0 radical (unpaired) electrons. The third kappa shape index (κ3) is 2.75. The Morgan fingerprint density at radius 1 is 1.47 bits per heavy atom. The molecule has 1 aromatic carbocycles. The number of aliphatic hydroxyl groups is 1. The van der Waals surface area contributed by atoms with Gasteiger partial charge in [0.2, 0.25) is 5.91 Å². The van der Waals surface area contributed by atoms with Crippen LogP contribution in [0.5, 0.6) is 0 Å². The molecule has 5 nitrogen and oxygen atoms in total. The van der Waals surface area contributed by atoms with Crippen LogP contribution in [0, 0.1) is 11.3 Å². The van der Waals surface area contributed by atoms with Crippen LogP contribution in [0.2, 0.25) is 0 Å². The van der Waals surface area contributed by atoms with Gasteiger partial charge in [-0.1, -0.05) is 6.07 Å². The fraction of sp³-hybridized carbons (Fsp3) is 0.429. The number of aliphatic hydroxyl groups excluding tert-OH is 1. The lowest BCUT2D eigenvalue weighted by molar-refractivity contribution is -0.125. The Morgan fingerprint density at radius 3 is 2.95 bits per heavy atom. The van der Waals surface area contributed by atoms with Crippen molar-refractivity contribution in [2.75, 3.05) is 31.6 Å². The highest BCUT2D eigenvalue weighted by Gasteiger charge is 2.32. The zero-order valence-electron chi connectivity index (χ0n) is 10.9. The molecule has 1 aliphatic rings. The Morgan fingerprint density at radius 2 is 2.26 bits per heavy atom. The van der Waals surface area contributed by atoms with Crippen molar-refractivity contribution in [3.8, 4) is 6.07 Å². The number of piperazine rings is 1. The van der Waals surface area contributed by atoms with Crippen LogP contribution in [0.3, 0.4) is 0 Å². The zero-order chi connectivity index (χ0) is 13.8. The molecule has 1 aliphatic heterocycles. The first-order valence-electron chi connectivity index (χ1n) is 6.30. The Hall–Kier alpha value is -1.90. The third-order valence-corrected chi connectivity index (χ3v) is 3.45. The summed E-state index contributed by atoms with van der Waals surface area (Å²) in [6.45, 7) is 1.35. The monoisotopic (exact) mass is 259 g/mol. The summed E-state index contributed by atoms with van der Waals surface area (Å²) in [7, 11) is 1.89. The smallest absolute Gasteiger partial charge is 0.244 e. The van der Waals surface area contributed by atoms with Crippen molar-refractivity contribution in [2.45, 2.75) is 12.5 Å². The van der Waals surface area contributed by atoms with E-state index in [2.05, 4.69) is 6.07 Å². The molecular weight excluding hydrogens is 242 g/mol. The molecule has 1 N–H and O–H groups in total. The summed E-state index contributed by atoms with van der Waals surface area (Å²) in [6.07, 6.45) is 0.434. The number of hydrogen-bond acceptors (Lipinski definition) is 4. The maximum Gasteiger partial charge on any atom is 0.244 e. The van der Waals surface area contributed by atoms with Crippen LogP contribution >= 0.6 is 0 Å². The molecule has 0 bridgehead atoms. The van der Waals surface area contributed by atoms with E-state index in [0.717, 1.165) is 12.2 Å². The summed E-state index contributed by atoms with van der Waals surface area (Å²) in [5.74, 6) is -0.0158. The van der Waals surface area contributed by atoms with Crippen LogP contribution in [0.25, 0.3) is 0 Å². The number of hydrogen-bond donors (Lipinski definition) is 1. The molecule has 0 aliphatic carbocycles. The van der Waals surface area contributed by atoms with Gasteiger partial charge < -0.3 is 10.0 Å². The van der Waals surface area contributed by atoms with Crippen LogP contribution in [-0.4, -0.2) is 48.7 Å². The predicted molar refractivity (Wildman–Crippen MR) is 71.6 cm³/mol. The van der Waals surface area contributed by atoms with Gasteiger partial charge in [0.15, 0.2) is 0 Å². The molecule has 1 aromatic rings. The molecule has 1 atom stereocenters. The largest absolute Gasteiger partial charge is 0.396 e. The number of likely N-dealkylation sites (N-methyl/N-ethyl adjacent to an activating group) is 1. The Balaban J connectivity index is 2.25. The van der Waals surface area contributed by atoms with E-state index in [1.807, 2.05) is 18.0 Å². The normalized spacial score (nSPS) is 20.4. The van der Waals surface area contributed by atoms with E-state index in [9.17, 15) is 4.79 Å². The van der Waals surface area contributed by atoms with Gasteiger partial charge in [-0.3, -0.25) is 9.69 Å². The number of carbonyl (C=O) groups excluding carboxylic acids is 1. The molecule has 1 amide bonds. The number of nitrogens with zero attached hydrogens (tertiary/aromatic N) is 3. The summed E-state index contributed by atoms with van der Waals surface area (Å²) in [5, 5.41) is 18.0. The average molecular weight is 259 g/mol. The fourth-order valence-corrected chi connectivity index (χ4v) is 2.36. The lowest BCUT2D eigenvalue weighted by Crippen LogP contribution is -2.56. The second kappa shape index (κ2) is 5.83. The minimum absolute atomic E-state index is 0.00712. The number of nitriles is 1. The molecule has 2 rings (SSSR count). The number of amides is 1. The van der Waals surface area contributed by atoms with Gasteiger partial charge in [0, 0.05) is 25.4 Å². The zero-order valence-corrected chi connectivity index (χ0v) is 10.9. The summed E-state index contributed by atoms with van der Waals surface area (Å²) >= 11 is 0. The van der Waals surface area contributed by atoms with Crippen molar-refractivity contribution in [1.29, 1.82) is 5.26 Å². The Bertz CT molecular complexity index is 510. The van der Waals surface area contributed by atoms with Crippen molar-refractivity contribution < 1.29 is 9.90 Å². The molecule has 19 heavy (non-hydrogen) atoms. The minimum Gasteiger partial charge on any atom is -0.396 e. The molecule has 1 unspecified atom stereocenters. The molecule has 1 heterocycles.